The molecule has 3 N–H and O–H groups in total. The first-order valence-corrected chi connectivity index (χ1v) is 8.71. The van der Waals surface area contributed by atoms with Gasteiger partial charge in [-0.05, 0) is 43.3 Å². The summed E-state index contributed by atoms with van der Waals surface area (Å²) < 4.78 is 0. The van der Waals surface area contributed by atoms with E-state index in [1.807, 2.05) is 0 Å². The summed E-state index contributed by atoms with van der Waals surface area (Å²) in [6.07, 6.45) is 3.31. The van der Waals surface area contributed by atoms with E-state index in [1.54, 1.807) is 23.1 Å². The zero-order valence-corrected chi connectivity index (χ0v) is 15.2. The molecule has 1 heterocycles. The highest BCUT2D eigenvalue weighted by Crippen LogP contribution is 2.25. The summed E-state index contributed by atoms with van der Waals surface area (Å²) in [6, 6.07) is 4.93. The average Bonchev–Trinajstić information content (AvgIpc) is 2.73. The molecular formula is C15H18Cl2N4O2S. The van der Waals surface area contributed by atoms with Crippen molar-refractivity contribution in [3.63, 3.8) is 0 Å². The third-order valence-electron chi connectivity index (χ3n) is 3.50. The molecule has 2 amide bonds. The number of likely N-dealkylation sites (tertiary alicyclic amines) is 1. The summed E-state index contributed by atoms with van der Waals surface area (Å²) in [5.74, 6) is -0.326. The van der Waals surface area contributed by atoms with Gasteiger partial charge in [-0.25, -0.2) is 0 Å². The van der Waals surface area contributed by atoms with Crippen LogP contribution in [0.5, 0.6) is 0 Å². The van der Waals surface area contributed by atoms with Crippen molar-refractivity contribution in [2.45, 2.75) is 25.7 Å². The van der Waals surface area contributed by atoms with Gasteiger partial charge in [0.2, 0.25) is 5.91 Å². The van der Waals surface area contributed by atoms with E-state index in [-0.39, 0.29) is 23.5 Å². The van der Waals surface area contributed by atoms with E-state index in [0.717, 1.165) is 19.3 Å². The molecule has 1 aromatic carbocycles. The first kappa shape index (κ1) is 18.8. The molecule has 1 aliphatic rings. The van der Waals surface area contributed by atoms with E-state index in [0.29, 0.717) is 28.7 Å². The van der Waals surface area contributed by atoms with Crippen LogP contribution in [0.1, 0.15) is 25.7 Å². The molecule has 24 heavy (non-hydrogen) atoms. The van der Waals surface area contributed by atoms with Crippen LogP contribution in [0.3, 0.4) is 0 Å². The molecule has 130 valence electrons. The third kappa shape index (κ3) is 5.81. The van der Waals surface area contributed by atoms with Crippen molar-refractivity contribution >= 4 is 58.0 Å². The number of carbonyl (C=O) groups excluding carboxylic acids is 2. The molecule has 0 aromatic heterocycles. The minimum Gasteiger partial charge on any atom is -0.333 e. The van der Waals surface area contributed by atoms with Crippen LogP contribution in [0.2, 0.25) is 10.0 Å². The summed E-state index contributed by atoms with van der Waals surface area (Å²) in [6.45, 7) is 0.617. The van der Waals surface area contributed by atoms with Crippen LogP contribution < -0.4 is 16.2 Å². The largest absolute Gasteiger partial charge is 0.333 e. The minimum absolute atomic E-state index is 0.0101. The maximum Gasteiger partial charge on any atom is 0.257 e. The smallest absolute Gasteiger partial charge is 0.257 e. The molecule has 0 unspecified atom stereocenters. The van der Waals surface area contributed by atoms with Gasteiger partial charge in [0.15, 0.2) is 5.11 Å². The maximum absolute atomic E-state index is 11.9. The number of nitrogens with zero attached hydrogens (tertiary/aromatic N) is 1. The van der Waals surface area contributed by atoms with Crippen molar-refractivity contribution in [3.05, 3.63) is 28.2 Å². The number of rotatable bonds is 3. The Bertz CT molecular complexity index is 642. The SMILES string of the molecule is O=C(CN1CCCCCC1=O)NNC(=S)Nc1ccc(Cl)cc1Cl. The van der Waals surface area contributed by atoms with E-state index in [4.69, 9.17) is 35.4 Å². The quantitative estimate of drug-likeness (QED) is 0.548. The van der Waals surface area contributed by atoms with E-state index < -0.39 is 0 Å². The van der Waals surface area contributed by atoms with E-state index in [2.05, 4.69) is 16.2 Å². The number of hydrazine groups is 1. The number of halogens is 2. The Morgan fingerprint density at radius 2 is 2.00 bits per heavy atom. The molecule has 1 saturated heterocycles. The van der Waals surface area contributed by atoms with Gasteiger partial charge in [-0.1, -0.05) is 29.6 Å². The lowest BCUT2D eigenvalue weighted by Crippen LogP contribution is -2.48. The minimum atomic E-state index is -0.336. The normalized spacial score (nSPS) is 14.8. The maximum atomic E-state index is 11.9. The lowest BCUT2D eigenvalue weighted by Gasteiger charge is -2.20. The molecule has 0 spiro atoms. The average molecular weight is 389 g/mol. The third-order valence-corrected chi connectivity index (χ3v) is 4.25. The Labute approximate surface area is 155 Å². The monoisotopic (exact) mass is 388 g/mol. The summed E-state index contributed by atoms with van der Waals surface area (Å²) >= 11 is 16.9. The van der Waals surface area contributed by atoms with Crippen LogP contribution in [0.25, 0.3) is 0 Å². The van der Waals surface area contributed by atoms with Crippen LogP contribution in [0.15, 0.2) is 18.2 Å². The predicted octanol–water partition coefficient (Wildman–Crippen LogP) is 2.71. The fourth-order valence-corrected chi connectivity index (χ4v) is 2.91. The number of hydrogen-bond donors (Lipinski definition) is 3. The Morgan fingerprint density at radius 1 is 1.21 bits per heavy atom. The fourth-order valence-electron chi connectivity index (χ4n) is 2.29. The highest BCUT2D eigenvalue weighted by Gasteiger charge is 2.19. The first-order valence-electron chi connectivity index (χ1n) is 7.54. The number of hydrogen-bond acceptors (Lipinski definition) is 3. The van der Waals surface area contributed by atoms with Crippen molar-refractivity contribution in [2.24, 2.45) is 0 Å². The number of anilines is 1. The molecule has 1 fully saturated rings. The number of benzene rings is 1. The van der Waals surface area contributed by atoms with Crippen molar-refractivity contribution in [1.29, 1.82) is 0 Å². The van der Waals surface area contributed by atoms with E-state index in [1.165, 1.54) is 0 Å². The molecule has 9 heteroatoms. The van der Waals surface area contributed by atoms with Crippen molar-refractivity contribution in [1.82, 2.24) is 15.8 Å². The lowest BCUT2D eigenvalue weighted by atomic mass is 10.2. The van der Waals surface area contributed by atoms with Gasteiger partial charge in [0.25, 0.3) is 5.91 Å². The Balaban J connectivity index is 1.78. The zero-order valence-electron chi connectivity index (χ0n) is 12.9. The second kappa shape index (κ2) is 9.05. The topological polar surface area (TPSA) is 73.5 Å². The molecule has 1 aromatic rings. The highest BCUT2D eigenvalue weighted by molar-refractivity contribution is 7.80. The van der Waals surface area contributed by atoms with Gasteiger partial charge in [-0.3, -0.25) is 20.4 Å². The van der Waals surface area contributed by atoms with Gasteiger partial charge in [0.1, 0.15) is 6.54 Å². The molecule has 0 bridgehead atoms. The van der Waals surface area contributed by atoms with Gasteiger partial charge in [-0.15, -0.1) is 0 Å². The van der Waals surface area contributed by atoms with Crippen LogP contribution >= 0.6 is 35.4 Å². The second-order valence-electron chi connectivity index (χ2n) is 5.38. The van der Waals surface area contributed by atoms with E-state index in [9.17, 15) is 9.59 Å². The summed E-state index contributed by atoms with van der Waals surface area (Å²) in [5.41, 5.74) is 5.62. The lowest BCUT2D eigenvalue weighted by molar-refractivity contribution is -0.135. The standard InChI is InChI=1S/C15H18Cl2N4O2S/c16-10-5-6-12(11(17)8-10)18-15(24)20-19-13(22)9-21-7-3-1-2-4-14(21)23/h5-6,8H,1-4,7,9H2,(H,19,22)(H2,18,20,24). The van der Waals surface area contributed by atoms with Gasteiger partial charge in [-0.2, -0.15) is 0 Å². The molecule has 1 aliphatic heterocycles. The predicted molar refractivity (Wildman–Crippen MR) is 99.0 cm³/mol. The Hall–Kier alpha value is -1.57. The van der Waals surface area contributed by atoms with Crippen LogP contribution in [0, 0.1) is 0 Å². The second-order valence-corrected chi connectivity index (χ2v) is 6.63. The fraction of sp³-hybridized carbons (Fsp3) is 0.400. The summed E-state index contributed by atoms with van der Waals surface area (Å²) in [4.78, 5) is 25.4. The molecule has 0 saturated carbocycles. The number of amides is 2. The molecule has 0 radical (unpaired) electrons. The van der Waals surface area contributed by atoms with Crippen LogP contribution in [0.4, 0.5) is 5.69 Å². The molecular weight excluding hydrogens is 371 g/mol. The van der Waals surface area contributed by atoms with Crippen LogP contribution in [-0.4, -0.2) is 34.9 Å². The summed E-state index contributed by atoms with van der Waals surface area (Å²) in [5, 5.41) is 3.95. The van der Waals surface area contributed by atoms with Gasteiger partial charge >= 0.3 is 0 Å². The van der Waals surface area contributed by atoms with Gasteiger partial charge in [0.05, 0.1) is 10.7 Å². The van der Waals surface area contributed by atoms with Gasteiger partial charge in [0, 0.05) is 18.0 Å². The zero-order chi connectivity index (χ0) is 17.5. The Morgan fingerprint density at radius 3 is 2.75 bits per heavy atom. The Kier molecular flexibility index (Phi) is 7.08. The molecule has 0 atom stereocenters. The molecule has 0 aliphatic carbocycles. The summed E-state index contributed by atoms with van der Waals surface area (Å²) in [7, 11) is 0. The van der Waals surface area contributed by atoms with Crippen LogP contribution in [-0.2, 0) is 9.59 Å². The number of thiocarbonyl (C=S) groups is 1. The van der Waals surface area contributed by atoms with Crippen molar-refractivity contribution < 1.29 is 9.59 Å². The first-order chi connectivity index (χ1) is 11.5. The number of carbonyl (C=O) groups is 2. The molecule has 2 rings (SSSR count). The van der Waals surface area contributed by atoms with E-state index >= 15 is 0 Å². The van der Waals surface area contributed by atoms with Crippen molar-refractivity contribution in [2.75, 3.05) is 18.4 Å². The highest BCUT2D eigenvalue weighted by atomic mass is 35.5. The van der Waals surface area contributed by atoms with Gasteiger partial charge < -0.3 is 10.2 Å². The van der Waals surface area contributed by atoms with Crippen molar-refractivity contribution in [3.8, 4) is 0 Å². The molecule has 6 nitrogen and oxygen atoms in total. The number of nitrogens with one attached hydrogen (secondary N) is 3.